The molecule has 0 unspecified atom stereocenters. The second kappa shape index (κ2) is 2.22. The summed E-state index contributed by atoms with van der Waals surface area (Å²) in [7, 11) is -3.60. The van der Waals surface area contributed by atoms with Crippen molar-refractivity contribution in [2.24, 2.45) is 0 Å². The Morgan fingerprint density at radius 3 is 2.33 bits per heavy atom. The molecule has 9 heavy (non-hydrogen) atoms. The van der Waals surface area contributed by atoms with E-state index in [1.54, 1.807) is 0 Å². The van der Waals surface area contributed by atoms with Gasteiger partial charge >= 0.3 is 0 Å². The van der Waals surface area contributed by atoms with Gasteiger partial charge in [0.05, 0.1) is 0 Å². The van der Waals surface area contributed by atoms with E-state index in [1.165, 1.54) is 4.89 Å². The molecular weight excluding hydrogens is 144 g/mol. The summed E-state index contributed by atoms with van der Waals surface area (Å²) in [4.78, 5) is 1.17. The summed E-state index contributed by atoms with van der Waals surface area (Å²) in [5, 5.41) is 7.97. The molecule has 0 heterocycles. The minimum atomic E-state index is -3.60. The van der Waals surface area contributed by atoms with Gasteiger partial charge in [-0.25, -0.2) is 0 Å². The average molecular weight is 152 g/mol. The van der Waals surface area contributed by atoms with Crippen molar-refractivity contribution >= 4 is 10.2 Å². The van der Waals surface area contributed by atoms with E-state index in [0.29, 0.717) is 0 Å². The molecule has 0 radical (unpaired) electrons. The van der Waals surface area contributed by atoms with Crippen molar-refractivity contribution in [1.82, 2.24) is 9.61 Å². The Balaban J connectivity index is 2.40. The van der Waals surface area contributed by atoms with Gasteiger partial charge in [-0.1, -0.05) is 4.89 Å². The monoisotopic (exact) mass is 152 g/mol. The van der Waals surface area contributed by atoms with Gasteiger partial charge in [-0.2, -0.15) is 13.1 Å². The fourth-order valence-electron chi connectivity index (χ4n) is 0.447. The van der Waals surface area contributed by atoms with Crippen LogP contribution in [0.1, 0.15) is 12.8 Å². The second-order valence-corrected chi connectivity index (χ2v) is 3.41. The molecule has 1 fully saturated rings. The molecule has 0 aromatic heterocycles. The van der Waals surface area contributed by atoms with Crippen molar-refractivity contribution in [2.45, 2.75) is 18.9 Å². The molecule has 0 aliphatic heterocycles. The Labute approximate surface area is 53.2 Å². The first kappa shape index (κ1) is 6.94. The molecule has 0 spiro atoms. The van der Waals surface area contributed by atoms with Crippen LogP contribution in [0.2, 0.25) is 0 Å². The third-order valence-corrected chi connectivity index (χ3v) is 1.90. The smallest absolute Gasteiger partial charge is 0.299 e. The Kier molecular flexibility index (Phi) is 1.71. The van der Waals surface area contributed by atoms with Gasteiger partial charge < -0.3 is 5.21 Å². The van der Waals surface area contributed by atoms with E-state index in [-0.39, 0.29) is 6.04 Å². The highest BCUT2D eigenvalue weighted by Crippen LogP contribution is 2.18. The second-order valence-electron chi connectivity index (χ2n) is 1.99. The standard InChI is InChI=1S/C3H8N2O3S/c6-5-9(7,8)4-3-1-2-3/h3-6H,1-2H2. The molecule has 5 nitrogen and oxygen atoms in total. The van der Waals surface area contributed by atoms with Crippen LogP contribution in [0.5, 0.6) is 0 Å². The lowest BCUT2D eigenvalue weighted by Crippen LogP contribution is -2.35. The number of hydrogen-bond donors (Lipinski definition) is 3. The van der Waals surface area contributed by atoms with Gasteiger partial charge in [0.25, 0.3) is 10.2 Å². The summed E-state index contributed by atoms with van der Waals surface area (Å²) in [6.07, 6.45) is 1.72. The molecule has 1 saturated carbocycles. The molecule has 1 aliphatic rings. The van der Waals surface area contributed by atoms with Crippen LogP contribution in [-0.2, 0) is 10.2 Å². The van der Waals surface area contributed by atoms with Crippen LogP contribution in [0.3, 0.4) is 0 Å². The molecule has 0 bridgehead atoms. The van der Waals surface area contributed by atoms with E-state index < -0.39 is 10.2 Å². The zero-order chi connectivity index (χ0) is 6.91. The van der Waals surface area contributed by atoms with Gasteiger partial charge in [0.1, 0.15) is 0 Å². The quantitative estimate of drug-likeness (QED) is 0.452. The highest BCUT2D eigenvalue weighted by Gasteiger charge is 2.26. The topological polar surface area (TPSA) is 78.4 Å². The van der Waals surface area contributed by atoms with Gasteiger partial charge in [0.15, 0.2) is 0 Å². The van der Waals surface area contributed by atoms with E-state index >= 15 is 0 Å². The van der Waals surface area contributed by atoms with Crippen molar-refractivity contribution in [3.63, 3.8) is 0 Å². The van der Waals surface area contributed by atoms with E-state index in [1.807, 2.05) is 0 Å². The summed E-state index contributed by atoms with van der Waals surface area (Å²) in [6.45, 7) is 0. The SMILES string of the molecule is O=S(=O)(NO)NC1CC1. The Bertz CT molecular complexity index is 183. The van der Waals surface area contributed by atoms with Crippen LogP contribution in [0.25, 0.3) is 0 Å². The van der Waals surface area contributed by atoms with E-state index in [2.05, 4.69) is 4.72 Å². The third kappa shape index (κ3) is 2.27. The van der Waals surface area contributed by atoms with Gasteiger partial charge in [0.2, 0.25) is 0 Å². The highest BCUT2D eigenvalue weighted by molar-refractivity contribution is 7.87. The first-order valence-electron chi connectivity index (χ1n) is 2.57. The van der Waals surface area contributed by atoms with Crippen LogP contribution in [0.15, 0.2) is 0 Å². The van der Waals surface area contributed by atoms with Crippen molar-refractivity contribution in [1.29, 1.82) is 0 Å². The molecule has 0 aromatic carbocycles. The Hall–Kier alpha value is -0.170. The largest absolute Gasteiger partial charge is 0.301 e. The summed E-state index contributed by atoms with van der Waals surface area (Å²) in [5.41, 5.74) is 0. The van der Waals surface area contributed by atoms with Crippen LogP contribution in [-0.4, -0.2) is 19.7 Å². The summed E-state index contributed by atoms with van der Waals surface area (Å²) < 4.78 is 22.9. The molecular formula is C3H8N2O3S. The normalized spacial score (nSPS) is 20.1. The maximum atomic E-state index is 10.4. The number of nitrogens with one attached hydrogen (secondary N) is 2. The van der Waals surface area contributed by atoms with E-state index in [4.69, 9.17) is 5.21 Å². The number of hydrogen-bond acceptors (Lipinski definition) is 3. The van der Waals surface area contributed by atoms with E-state index in [9.17, 15) is 8.42 Å². The Morgan fingerprint density at radius 1 is 1.44 bits per heavy atom. The summed E-state index contributed by atoms with van der Waals surface area (Å²) >= 11 is 0. The van der Waals surface area contributed by atoms with Gasteiger partial charge in [-0.3, -0.25) is 0 Å². The van der Waals surface area contributed by atoms with E-state index in [0.717, 1.165) is 12.8 Å². The highest BCUT2D eigenvalue weighted by atomic mass is 32.2. The fourth-order valence-corrected chi connectivity index (χ4v) is 1.17. The maximum absolute atomic E-state index is 10.4. The first-order valence-corrected chi connectivity index (χ1v) is 4.05. The number of rotatable bonds is 3. The predicted octanol–water partition coefficient (Wildman–Crippen LogP) is -1.04. The van der Waals surface area contributed by atoms with Crippen LogP contribution >= 0.6 is 0 Å². The zero-order valence-electron chi connectivity index (χ0n) is 4.66. The molecule has 0 amide bonds. The minimum Gasteiger partial charge on any atom is -0.301 e. The molecule has 0 atom stereocenters. The van der Waals surface area contributed by atoms with Crippen LogP contribution in [0.4, 0.5) is 0 Å². The first-order chi connectivity index (χ1) is 4.14. The third-order valence-electron chi connectivity index (χ3n) is 1.02. The predicted molar refractivity (Wildman–Crippen MR) is 30.0 cm³/mol. The fraction of sp³-hybridized carbons (Fsp3) is 1.00. The molecule has 6 heteroatoms. The van der Waals surface area contributed by atoms with Crippen molar-refractivity contribution < 1.29 is 13.6 Å². The van der Waals surface area contributed by atoms with Crippen LogP contribution in [0, 0.1) is 0 Å². The molecule has 54 valence electrons. The molecule has 0 saturated heterocycles. The van der Waals surface area contributed by atoms with Crippen molar-refractivity contribution in [3.8, 4) is 0 Å². The van der Waals surface area contributed by atoms with Crippen molar-refractivity contribution in [3.05, 3.63) is 0 Å². The summed E-state index contributed by atoms with van der Waals surface area (Å²) in [6, 6.07) is 0.0367. The van der Waals surface area contributed by atoms with Gasteiger partial charge in [-0.05, 0) is 12.8 Å². The van der Waals surface area contributed by atoms with Crippen molar-refractivity contribution in [2.75, 3.05) is 0 Å². The molecule has 3 N–H and O–H groups in total. The summed E-state index contributed by atoms with van der Waals surface area (Å²) in [5.74, 6) is 0. The van der Waals surface area contributed by atoms with Crippen LogP contribution < -0.4 is 9.61 Å². The maximum Gasteiger partial charge on any atom is 0.299 e. The molecule has 1 aliphatic carbocycles. The lowest BCUT2D eigenvalue weighted by molar-refractivity contribution is 0.240. The molecule has 0 aromatic rings. The zero-order valence-corrected chi connectivity index (χ0v) is 5.48. The minimum absolute atomic E-state index is 0.0367. The molecule has 1 rings (SSSR count). The lowest BCUT2D eigenvalue weighted by Gasteiger charge is -1.99. The lowest BCUT2D eigenvalue weighted by atomic mass is 10.8. The average Bonchev–Trinajstić information content (AvgIpc) is 2.50. The van der Waals surface area contributed by atoms with Gasteiger partial charge in [-0.15, -0.1) is 0 Å². The Morgan fingerprint density at radius 2 is 2.00 bits per heavy atom. The van der Waals surface area contributed by atoms with Gasteiger partial charge in [0, 0.05) is 6.04 Å².